The molecule has 1 atom stereocenters. The number of aliphatic hydroxyl groups excluding tert-OH is 1. The van der Waals surface area contributed by atoms with E-state index in [2.05, 4.69) is 30.9 Å². The van der Waals surface area contributed by atoms with Crippen LogP contribution in [0.25, 0.3) is 5.57 Å². The predicted molar refractivity (Wildman–Crippen MR) is 89.9 cm³/mol. The lowest BCUT2D eigenvalue weighted by Crippen LogP contribution is -2.18. The molecular formula is C16H19Cl2N3O. The Balaban J connectivity index is 2.40. The summed E-state index contributed by atoms with van der Waals surface area (Å²) in [4.78, 5) is 3.87. The molecular weight excluding hydrogens is 321 g/mol. The van der Waals surface area contributed by atoms with Gasteiger partial charge in [0.2, 0.25) is 0 Å². The van der Waals surface area contributed by atoms with Crippen LogP contribution in [0.4, 0.5) is 0 Å². The van der Waals surface area contributed by atoms with Crippen LogP contribution in [-0.2, 0) is 6.54 Å². The van der Waals surface area contributed by atoms with Gasteiger partial charge in [0.05, 0.1) is 12.6 Å². The molecule has 0 saturated carbocycles. The fourth-order valence-electron chi connectivity index (χ4n) is 2.23. The first-order chi connectivity index (χ1) is 10.3. The Morgan fingerprint density at radius 3 is 2.45 bits per heavy atom. The monoisotopic (exact) mass is 339 g/mol. The lowest BCUT2D eigenvalue weighted by atomic mass is 9.81. The summed E-state index contributed by atoms with van der Waals surface area (Å²) in [5, 5.41) is 15.5. The van der Waals surface area contributed by atoms with E-state index in [0.29, 0.717) is 16.6 Å². The van der Waals surface area contributed by atoms with Crippen LogP contribution in [0.1, 0.15) is 26.3 Å². The Kier molecular flexibility index (Phi) is 5.27. The lowest BCUT2D eigenvalue weighted by molar-refractivity contribution is 0.195. The highest BCUT2D eigenvalue weighted by Crippen LogP contribution is 2.41. The van der Waals surface area contributed by atoms with Crippen LogP contribution in [0.3, 0.4) is 0 Å². The molecule has 2 aromatic rings. The summed E-state index contributed by atoms with van der Waals surface area (Å²) in [6, 6.07) is 5.40. The predicted octanol–water partition coefficient (Wildman–Crippen LogP) is 4.08. The van der Waals surface area contributed by atoms with Crippen molar-refractivity contribution in [2.24, 2.45) is 5.41 Å². The summed E-state index contributed by atoms with van der Waals surface area (Å²) in [5.41, 5.74) is 1.43. The number of halogens is 2. The minimum atomic E-state index is -0.719. The largest absolute Gasteiger partial charge is 0.387 e. The van der Waals surface area contributed by atoms with Gasteiger partial charge < -0.3 is 5.11 Å². The second kappa shape index (κ2) is 6.82. The van der Waals surface area contributed by atoms with E-state index >= 15 is 0 Å². The van der Waals surface area contributed by atoms with Crippen molar-refractivity contribution < 1.29 is 5.11 Å². The molecule has 2 rings (SSSR count). The molecule has 22 heavy (non-hydrogen) atoms. The van der Waals surface area contributed by atoms with Gasteiger partial charge >= 0.3 is 0 Å². The summed E-state index contributed by atoms with van der Waals surface area (Å²) < 4.78 is 1.58. The quantitative estimate of drug-likeness (QED) is 0.913. The number of rotatable bonds is 4. The molecule has 4 nitrogen and oxygen atoms in total. The van der Waals surface area contributed by atoms with Crippen molar-refractivity contribution in [3.8, 4) is 0 Å². The average molecular weight is 340 g/mol. The molecule has 0 saturated heterocycles. The molecule has 0 amide bonds. The van der Waals surface area contributed by atoms with Gasteiger partial charge in [0.1, 0.15) is 12.7 Å². The Hall–Kier alpha value is -1.36. The van der Waals surface area contributed by atoms with E-state index in [1.54, 1.807) is 35.3 Å². The van der Waals surface area contributed by atoms with Crippen LogP contribution in [-0.4, -0.2) is 26.0 Å². The molecule has 0 aliphatic heterocycles. The maximum Gasteiger partial charge on any atom is 0.137 e. The summed E-state index contributed by atoms with van der Waals surface area (Å²) in [5.74, 6) is 0. The first kappa shape index (κ1) is 17.0. The molecule has 6 heteroatoms. The highest BCUT2D eigenvalue weighted by molar-refractivity contribution is 6.37. The fourth-order valence-corrected chi connectivity index (χ4v) is 2.83. The van der Waals surface area contributed by atoms with Crippen LogP contribution in [0.15, 0.2) is 36.9 Å². The normalized spacial score (nSPS) is 14.2. The van der Waals surface area contributed by atoms with E-state index in [-0.39, 0.29) is 5.41 Å². The molecule has 0 aliphatic carbocycles. The SMILES string of the molecule is CC(C)(C)C(=CC(O)Cn1cncn1)c1c(Cl)cccc1Cl. The van der Waals surface area contributed by atoms with E-state index in [1.165, 1.54) is 6.33 Å². The van der Waals surface area contributed by atoms with Crippen molar-refractivity contribution in [2.45, 2.75) is 33.4 Å². The van der Waals surface area contributed by atoms with Crippen molar-refractivity contribution >= 4 is 28.8 Å². The molecule has 1 N–H and O–H groups in total. The number of aliphatic hydroxyl groups is 1. The molecule has 1 heterocycles. The molecule has 0 bridgehead atoms. The van der Waals surface area contributed by atoms with E-state index in [1.807, 2.05) is 0 Å². The van der Waals surface area contributed by atoms with Crippen LogP contribution < -0.4 is 0 Å². The van der Waals surface area contributed by atoms with Gasteiger partial charge in [-0.3, -0.25) is 4.68 Å². The topological polar surface area (TPSA) is 50.9 Å². The number of benzene rings is 1. The third kappa shape index (κ3) is 4.09. The van der Waals surface area contributed by atoms with Crippen LogP contribution >= 0.6 is 23.2 Å². The van der Waals surface area contributed by atoms with E-state index in [4.69, 9.17) is 23.2 Å². The summed E-state index contributed by atoms with van der Waals surface area (Å²) in [6.45, 7) is 6.49. The Morgan fingerprint density at radius 2 is 1.95 bits per heavy atom. The van der Waals surface area contributed by atoms with Crippen molar-refractivity contribution in [1.29, 1.82) is 0 Å². The number of hydrogen-bond donors (Lipinski definition) is 1. The van der Waals surface area contributed by atoms with Gasteiger partial charge in [-0.2, -0.15) is 5.10 Å². The zero-order valence-corrected chi connectivity index (χ0v) is 14.3. The van der Waals surface area contributed by atoms with E-state index in [9.17, 15) is 5.11 Å². The van der Waals surface area contributed by atoms with Gasteiger partial charge in [0, 0.05) is 15.6 Å². The zero-order valence-electron chi connectivity index (χ0n) is 12.8. The minimum Gasteiger partial charge on any atom is -0.387 e. The van der Waals surface area contributed by atoms with Crippen molar-refractivity contribution in [2.75, 3.05) is 0 Å². The molecule has 118 valence electrons. The first-order valence-electron chi connectivity index (χ1n) is 6.96. The highest BCUT2D eigenvalue weighted by Gasteiger charge is 2.24. The Morgan fingerprint density at radius 1 is 1.32 bits per heavy atom. The van der Waals surface area contributed by atoms with Crippen molar-refractivity contribution in [3.63, 3.8) is 0 Å². The zero-order chi connectivity index (χ0) is 16.3. The Bertz CT molecular complexity index is 640. The van der Waals surface area contributed by atoms with Crippen molar-refractivity contribution in [1.82, 2.24) is 14.8 Å². The lowest BCUT2D eigenvalue weighted by Gasteiger charge is -2.26. The van der Waals surface area contributed by atoms with Gasteiger partial charge in [-0.15, -0.1) is 0 Å². The van der Waals surface area contributed by atoms with Crippen molar-refractivity contribution in [3.05, 3.63) is 52.5 Å². The van der Waals surface area contributed by atoms with Crippen LogP contribution in [0, 0.1) is 5.41 Å². The number of aromatic nitrogens is 3. The number of hydrogen-bond acceptors (Lipinski definition) is 3. The maximum absolute atomic E-state index is 10.3. The summed E-state index contributed by atoms with van der Waals surface area (Å²) in [6.07, 6.45) is 4.07. The molecule has 1 aromatic heterocycles. The molecule has 1 aromatic carbocycles. The van der Waals surface area contributed by atoms with Gasteiger partial charge in [-0.1, -0.05) is 50.0 Å². The molecule has 1 unspecified atom stereocenters. The molecule has 0 fully saturated rings. The Labute approximate surface area is 140 Å². The minimum absolute atomic E-state index is 0.224. The average Bonchev–Trinajstić information content (AvgIpc) is 2.89. The molecule has 0 radical (unpaired) electrons. The van der Waals surface area contributed by atoms with Crippen LogP contribution in [0.2, 0.25) is 10.0 Å². The first-order valence-corrected chi connectivity index (χ1v) is 7.72. The second-order valence-corrected chi connectivity index (χ2v) is 6.93. The third-order valence-electron chi connectivity index (χ3n) is 3.24. The maximum atomic E-state index is 10.3. The van der Waals surface area contributed by atoms with Gasteiger partial charge in [-0.05, 0) is 29.2 Å². The van der Waals surface area contributed by atoms with E-state index in [0.717, 1.165) is 11.1 Å². The van der Waals surface area contributed by atoms with Gasteiger partial charge in [0.25, 0.3) is 0 Å². The van der Waals surface area contributed by atoms with Gasteiger partial charge in [0.15, 0.2) is 0 Å². The van der Waals surface area contributed by atoms with Gasteiger partial charge in [-0.25, -0.2) is 4.98 Å². The third-order valence-corrected chi connectivity index (χ3v) is 3.87. The fraction of sp³-hybridized carbons (Fsp3) is 0.375. The van der Waals surface area contributed by atoms with E-state index < -0.39 is 6.10 Å². The highest BCUT2D eigenvalue weighted by atomic mass is 35.5. The standard InChI is InChI=1S/C16H19Cl2N3O/c1-16(2,3)12(15-13(17)5-4-6-14(15)18)7-11(22)8-21-10-19-9-20-21/h4-7,9-11,22H,8H2,1-3H3. The number of allylic oxidation sites excluding steroid dienone is 1. The summed E-state index contributed by atoms with van der Waals surface area (Å²) >= 11 is 12.6. The second-order valence-electron chi connectivity index (χ2n) is 6.11. The van der Waals surface area contributed by atoms with Crippen LogP contribution in [0.5, 0.6) is 0 Å². The molecule has 0 aliphatic rings. The smallest absolute Gasteiger partial charge is 0.137 e. The summed E-state index contributed by atoms with van der Waals surface area (Å²) in [7, 11) is 0. The molecule has 0 spiro atoms. The number of nitrogens with zero attached hydrogens (tertiary/aromatic N) is 3.